The van der Waals surface area contributed by atoms with Crippen molar-refractivity contribution in [2.75, 3.05) is 0 Å². The largest absolute Gasteiger partial charge is 0.323 e. The highest BCUT2D eigenvalue weighted by Gasteiger charge is 2.81. The summed E-state index contributed by atoms with van der Waals surface area (Å²) in [6, 6.07) is 0. The predicted molar refractivity (Wildman–Crippen MR) is 155 cm³/mol. The molecule has 0 radical (unpaired) electrons. The van der Waals surface area contributed by atoms with Crippen LogP contribution >= 0.6 is 0 Å². The summed E-state index contributed by atoms with van der Waals surface area (Å²) in [7, 11) is 0. The predicted octanol–water partition coefficient (Wildman–Crippen LogP) is 8.39. The Morgan fingerprint density at radius 3 is 1.62 bits per heavy atom. The number of hydrogen-bond acceptors (Lipinski definition) is 2. The van der Waals surface area contributed by atoms with Gasteiger partial charge in [0, 0.05) is 17.0 Å². The van der Waals surface area contributed by atoms with Gasteiger partial charge in [-0.2, -0.15) is 0 Å². The fourth-order valence-corrected chi connectivity index (χ4v) is 12.9. The molecule has 0 bridgehead atoms. The molecule has 6 fully saturated rings. The lowest BCUT2D eigenvalue weighted by atomic mass is 9.45. The summed E-state index contributed by atoms with van der Waals surface area (Å²) < 4.78 is 0. The van der Waals surface area contributed by atoms with E-state index in [9.17, 15) is 0 Å². The van der Waals surface area contributed by atoms with Crippen LogP contribution in [-0.4, -0.2) is 11.1 Å². The Morgan fingerprint density at radius 2 is 1.05 bits per heavy atom. The van der Waals surface area contributed by atoms with E-state index in [1.54, 1.807) is 0 Å². The van der Waals surface area contributed by atoms with Crippen molar-refractivity contribution in [2.24, 2.45) is 70.6 Å². The smallest absolute Gasteiger partial charge is 0.0430 e. The van der Waals surface area contributed by atoms with Crippen molar-refractivity contribution in [3.05, 3.63) is 12.2 Å². The summed E-state index contributed by atoms with van der Waals surface area (Å²) in [6.07, 6.45) is 35.3. The molecule has 0 aromatic carbocycles. The quantitative estimate of drug-likeness (QED) is 0.376. The summed E-state index contributed by atoms with van der Waals surface area (Å²) in [5.41, 5.74) is 15.7. The average molecular weight is 507 g/mol. The SMILES string of the molecule is NC1(C2CCCCC2)C(C2C=CCCC2)[C@]1(N)C1C2CCCCC2C(C2CCCCC2)C2CCCCC21. The van der Waals surface area contributed by atoms with Gasteiger partial charge in [-0.05, 0) is 111 Å². The molecule has 7 aliphatic rings. The van der Waals surface area contributed by atoms with E-state index in [-0.39, 0.29) is 11.1 Å². The minimum Gasteiger partial charge on any atom is -0.323 e. The lowest BCUT2D eigenvalue weighted by Crippen LogP contribution is -2.61. The molecule has 0 spiro atoms. The van der Waals surface area contributed by atoms with Crippen LogP contribution in [0.2, 0.25) is 0 Å². The maximum absolute atomic E-state index is 8.08. The molecule has 7 rings (SSSR count). The van der Waals surface area contributed by atoms with Gasteiger partial charge in [0.15, 0.2) is 0 Å². The van der Waals surface area contributed by atoms with Crippen LogP contribution in [0.5, 0.6) is 0 Å². The summed E-state index contributed by atoms with van der Waals surface area (Å²) in [4.78, 5) is 0. The first-order chi connectivity index (χ1) is 18.2. The molecular weight excluding hydrogens is 448 g/mol. The van der Waals surface area contributed by atoms with Crippen molar-refractivity contribution in [3.63, 3.8) is 0 Å². The minimum atomic E-state index is -0.112. The minimum absolute atomic E-state index is 0.105. The molecule has 4 N–H and O–H groups in total. The fraction of sp³-hybridized carbons (Fsp3) is 0.943. The van der Waals surface area contributed by atoms with Gasteiger partial charge in [0.1, 0.15) is 0 Å². The molecule has 0 saturated heterocycles. The molecule has 0 aliphatic heterocycles. The lowest BCUT2D eigenvalue weighted by molar-refractivity contribution is -0.105. The first-order valence-corrected chi connectivity index (χ1v) is 17.4. The van der Waals surface area contributed by atoms with Crippen LogP contribution in [0.4, 0.5) is 0 Å². The van der Waals surface area contributed by atoms with Crippen LogP contribution in [-0.2, 0) is 0 Å². The van der Waals surface area contributed by atoms with Crippen molar-refractivity contribution < 1.29 is 0 Å². The monoisotopic (exact) mass is 506 g/mol. The van der Waals surface area contributed by atoms with Gasteiger partial charge in [0.25, 0.3) is 0 Å². The Kier molecular flexibility index (Phi) is 7.09. The Balaban J connectivity index is 1.29. The third kappa shape index (κ3) is 3.99. The van der Waals surface area contributed by atoms with Gasteiger partial charge in [-0.1, -0.05) is 89.2 Å². The highest BCUT2D eigenvalue weighted by atomic mass is 15.1. The van der Waals surface area contributed by atoms with Gasteiger partial charge >= 0.3 is 0 Å². The molecule has 6 saturated carbocycles. The maximum Gasteiger partial charge on any atom is 0.0430 e. The molecule has 208 valence electrons. The van der Waals surface area contributed by atoms with E-state index in [1.807, 2.05) is 0 Å². The summed E-state index contributed by atoms with van der Waals surface area (Å²) in [6.45, 7) is 0. The average Bonchev–Trinajstić information content (AvgIpc) is 3.48. The summed E-state index contributed by atoms with van der Waals surface area (Å²) in [5, 5.41) is 0. The molecule has 2 nitrogen and oxygen atoms in total. The molecule has 0 heterocycles. The standard InChI is InChI=1S/C35H58N2/c36-34(26-18-8-3-9-19-26)33(25-16-6-2-7-17-25)35(34,37)32-29-22-12-10-20-27(29)31(24-14-4-1-5-15-24)28-21-11-13-23-30(28)32/h6,16,24-33H,1-5,7-15,17-23,36-37H2/t25?,27?,28?,29?,30?,31?,32?,33?,34?,35-/m1/s1. The first-order valence-electron chi connectivity index (χ1n) is 17.4. The second-order valence-electron chi connectivity index (χ2n) is 15.4. The Hall–Kier alpha value is -0.340. The van der Waals surface area contributed by atoms with Crippen molar-refractivity contribution in [1.82, 2.24) is 0 Å². The van der Waals surface area contributed by atoms with Gasteiger partial charge in [0.2, 0.25) is 0 Å². The zero-order chi connectivity index (χ0) is 25.0. The van der Waals surface area contributed by atoms with Gasteiger partial charge in [0.05, 0.1) is 0 Å². The fourth-order valence-electron chi connectivity index (χ4n) is 12.9. The van der Waals surface area contributed by atoms with Gasteiger partial charge in [-0.25, -0.2) is 0 Å². The number of fused-ring (bicyclic) bond motifs is 2. The van der Waals surface area contributed by atoms with Crippen LogP contribution in [0, 0.1) is 59.2 Å². The van der Waals surface area contributed by atoms with Crippen molar-refractivity contribution >= 4 is 0 Å². The highest BCUT2D eigenvalue weighted by Crippen LogP contribution is 2.72. The molecule has 0 aromatic rings. The second kappa shape index (κ2) is 10.2. The molecule has 37 heavy (non-hydrogen) atoms. The van der Waals surface area contributed by atoms with E-state index in [2.05, 4.69) is 12.2 Å². The number of rotatable bonds is 4. The normalized spacial score (nSPS) is 51.3. The van der Waals surface area contributed by atoms with E-state index in [1.165, 1.54) is 135 Å². The van der Waals surface area contributed by atoms with E-state index < -0.39 is 0 Å². The Bertz CT molecular complexity index is 799. The van der Waals surface area contributed by atoms with Crippen LogP contribution in [0.3, 0.4) is 0 Å². The zero-order valence-electron chi connectivity index (χ0n) is 23.9. The second-order valence-corrected chi connectivity index (χ2v) is 15.4. The Morgan fingerprint density at radius 1 is 0.514 bits per heavy atom. The van der Waals surface area contributed by atoms with E-state index in [0.717, 1.165) is 35.5 Å². The lowest BCUT2D eigenvalue weighted by Gasteiger charge is -2.60. The molecular formula is C35H58N2. The topological polar surface area (TPSA) is 52.0 Å². The van der Waals surface area contributed by atoms with Crippen molar-refractivity contribution in [3.8, 4) is 0 Å². The highest BCUT2D eigenvalue weighted by molar-refractivity contribution is 5.39. The first kappa shape index (κ1) is 25.6. The Labute approximate surface area is 228 Å². The molecule has 2 heteroatoms. The van der Waals surface area contributed by atoms with Gasteiger partial charge < -0.3 is 11.5 Å². The molecule has 0 amide bonds. The molecule has 7 unspecified atom stereocenters. The van der Waals surface area contributed by atoms with Crippen LogP contribution < -0.4 is 11.5 Å². The number of nitrogens with two attached hydrogens (primary N) is 2. The third-order valence-corrected chi connectivity index (χ3v) is 14.1. The van der Waals surface area contributed by atoms with E-state index in [0.29, 0.717) is 23.7 Å². The van der Waals surface area contributed by atoms with Crippen molar-refractivity contribution in [2.45, 2.75) is 146 Å². The molecule has 7 aliphatic carbocycles. The molecule has 0 aromatic heterocycles. The van der Waals surface area contributed by atoms with Gasteiger partial charge in [-0.3, -0.25) is 0 Å². The van der Waals surface area contributed by atoms with E-state index >= 15 is 0 Å². The zero-order valence-corrected chi connectivity index (χ0v) is 23.9. The molecule has 8 atom stereocenters. The van der Waals surface area contributed by atoms with Crippen molar-refractivity contribution in [1.29, 1.82) is 0 Å². The van der Waals surface area contributed by atoms with E-state index in [4.69, 9.17) is 11.5 Å². The summed E-state index contributed by atoms with van der Waals surface area (Å²) >= 11 is 0. The van der Waals surface area contributed by atoms with Gasteiger partial charge in [-0.15, -0.1) is 0 Å². The van der Waals surface area contributed by atoms with Crippen LogP contribution in [0.15, 0.2) is 12.2 Å². The number of allylic oxidation sites excluding steroid dienone is 2. The van der Waals surface area contributed by atoms with Crippen LogP contribution in [0.1, 0.15) is 135 Å². The maximum atomic E-state index is 8.08. The van der Waals surface area contributed by atoms with Crippen LogP contribution in [0.25, 0.3) is 0 Å². The summed E-state index contributed by atoms with van der Waals surface area (Å²) in [5.74, 6) is 8.26. The third-order valence-electron chi connectivity index (χ3n) is 14.1. The number of hydrogen-bond donors (Lipinski definition) is 2.